The fourth-order valence-electron chi connectivity index (χ4n) is 1.56. The van der Waals surface area contributed by atoms with Gasteiger partial charge in [-0.15, -0.1) is 12.4 Å². The van der Waals surface area contributed by atoms with Crippen molar-refractivity contribution in [2.75, 3.05) is 13.1 Å². The molecule has 8 heteroatoms. The maximum atomic E-state index is 12.8. The Balaban J connectivity index is 0.00000289. The Hall–Kier alpha value is -0.950. The van der Waals surface area contributed by atoms with Gasteiger partial charge < -0.3 is 10.6 Å². The summed E-state index contributed by atoms with van der Waals surface area (Å²) in [5.74, 6) is -3.75. The van der Waals surface area contributed by atoms with Crippen LogP contribution in [0.5, 0.6) is 0 Å². The van der Waals surface area contributed by atoms with E-state index in [0.717, 1.165) is 0 Å². The van der Waals surface area contributed by atoms with E-state index >= 15 is 0 Å². The second kappa shape index (κ2) is 6.84. The van der Waals surface area contributed by atoms with Crippen LogP contribution in [0.3, 0.4) is 0 Å². The Morgan fingerprint density at radius 1 is 1.44 bits per heavy atom. The van der Waals surface area contributed by atoms with Crippen LogP contribution >= 0.6 is 12.4 Å². The van der Waals surface area contributed by atoms with Crippen LogP contribution in [0.15, 0.2) is 0 Å². The fourth-order valence-corrected chi connectivity index (χ4v) is 1.56. The van der Waals surface area contributed by atoms with Crippen molar-refractivity contribution in [1.82, 2.24) is 16.0 Å². The number of hydrogen-bond donors (Lipinski definition) is 3. The van der Waals surface area contributed by atoms with Crippen LogP contribution in [-0.2, 0) is 9.59 Å². The largest absolute Gasteiger partial charge is 0.352 e. The Morgan fingerprint density at radius 2 is 2.06 bits per heavy atom. The van der Waals surface area contributed by atoms with Gasteiger partial charge >= 0.3 is 0 Å². The van der Waals surface area contributed by atoms with Crippen molar-refractivity contribution in [1.29, 1.82) is 0 Å². The minimum Gasteiger partial charge on any atom is -0.352 e. The molecule has 5 nitrogen and oxygen atoms in total. The molecular formula is C10H18ClF2N3O2. The monoisotopic (exact) mass is 285 g/mol. The summed E-state index contributed by atoms with van der Waals surface area (Å²) < 4.78 is 25.6. The van der Waals surface area contributed by atoms with Gasteiger partial charge in [-0.25, -0.2) is 8.78 Å². The Labute approximate surface area is 110 Å². The van der Waals surface area contributed by atoms with Gasteiger partial charge in [0.2, 0.25) is 11.8 Å². The van der Waals surface area contributed by atoms with Gasteiger partial charge in [0.1, 0.15) is 0 Å². The molecule has 1 atom stereocenters. The standard InChI is InChI=1S/C10H17F2N3O2.ClH/c1-6(2)15-8(16)4-13-9(17)7-3-10(11,12)5-14-7;/h6-7,14H,3-5H2,1-2H3,(H,13,17)(H,15,16);1H. The first-order chi connectivity index (χ1) is 7.80. The van der Waals surface area contributed by atoms with Crippen molar-refractivity contribution < 1.29 is 18.4 Å². The maximum absolute atomic E-state index is 12.8. The van der Waals surface area contributed by atoms with E-state index in [1.165, 1.54) is 0 Å². The third-order valence-electron chi connectivity index (χ3n) is 2.30. The van der Waals surface area contributed by atoms with Gasteiger partial charge in [0.15, 0.2) is 0 Å². The molecule has 1 rings (SSSR count). The fraction of sp³-hybridized carbons (Fsp3) is 0.800. The van der Waals surface area contributed by atoms with E-state index in [4.69, 9.17) is 0 Å². The smallest absolute Gasteiger partial charge is 0.262 e. The lowest BCUT2D eigenvalue weighted by Crippen LogP contribution is -2.45. The van der Waals surface area contributed by atoms with E-state index in [1.54, 1.807) is 13.8 Å². The highest BCUT2D eigenvalue weighted by atomic mass is 35.5. The summed E-state index contributed by atoms with van der Waals surface area (Å²) in [6, 6.07) is -0.940. The average molecular weight is 286 g/mol. The molecule has 1 saturated heterocycles. The van der Waals surface area contributed by atoms with E-state index in [0.29, 0.717) is 0 Å². The Morgan fingerprint density at radius 3 is 2.50 bits per heavy atom. The summed E-state index contributed by atoms with van der Waals surface area (Å²) >= 11 is 0. The van der Waals surface area contributed by atoms with Crippen molar-refractivity contribution in [2.24, 2.45) is 0 Å². The summed E-state index contributed by atoms with van der Waals surface area (Å²) in [4.78, 5) is 22.6. The van der Waals surface area contributed by atoms with Gasteiger partial charge in [0.05, 0.1) is 19.1 Å². The summed E-state index contributed by atoms with van der Waals surface area (Å²) in [5.41, 5.74) is 0. The van der Waals surface area contributed by atoms with Crippen LogP contribution < -0.4 is 16.0 Å². The van der Waals surface area contributed by atoms with Gasteiger partial charge in [-0.05, 0) is 13.8 Å². The normalized spacial score (nSPS) is 21.3. The van der Waals surface area contributed by atoms with Crippen LogP contribution in [0.2, 0.25) is 0 Å². The zero-order valence-corrected chi connectivity index (χ0v) is 11.1. The minimum atomic E-state index is -2.85. The SMILES string of the molecule is CC(C)NC(=O)CNC(=O)C1CC(F)(F)CN1.Cl. The summed E-state index contributed by atoms with van der Waals surface area (Å²) in [6.07, 6.45) is -0.523. The van der Waals surface area contributed by atoms with Gasteiger partial charge in [-0.3, -0.25) is 14.9 Å². The van der Waals surface area contributed by atoms with Crippen LogP contribution in [0.4, 0.5) is 8.78 Å². The molecule has 0 radical (unpaired) electrons. The molecule has 0 bridgehead atoms. The molecule has 0 saturated carbocycles. The minimum absolute atomic E-state index is 0. The number of hydrogen-bond acceptors (Lipinski definition) is 3. The lowest BCUT2D eigenvalue weighted by Gasteiger charge is -2.12. The van der Waals surface area contributed by atoms with Gasteiger partial charge in [-0.1, -0.05) is 0 Å². The second-order valence-electron chi connectivity index (χ2n) is 4.43. The Bertz CT molecular complexity index is 313. The quantitative estimate of drug-likeness (QED) is 0.683. The lowest BCUT2D eigenvalue weighted by atomic mass is 10.2. The molecule has 3 N–H and O–H groups in total. The number of nitrogens with one attached hydrogen (secondary N) is 3. The molecule has 0 aromatic carbocycles. The highest BCUT2D eigenvalue weighted by Crippen LogP contribution is 2.24. The highest BCUT2D eigenvalue weighted by molar-refractivity contribution is 5.87. The van der Waals surface area contributed by atoms with E-state index in [2.05, 4.69) is 16.0 Å². The van der Waals surface area contributed by atoms with Gasteiger partial charge in [-0.2, -0.15) is 0 Å². The predicted octanol–water partition coefficient (Wildman–Crippen LogP) is 0.0462. The molecule has 1 aliphatic heterocycles. The van der Waals surface area contributed by atoms with Gasteiger partial charge in [0, 0.05) is 12.5 Å². The van der Waals surface area contributed by atoms with E-state index < -0.39 is 30.8 Å². The molecule has 18 heavy (non-hydrogen) atoms. The summed E-state index contributed by atoms with van der Waals surface area (Å²) in [5, 5.41) is 7.32. The number of carbonyl (C=O) groups excluding carboxylic acids is 2. The molecule has 1 unspecified atom stereocenters. The molecule has 0 aromatic heterocycles. The Kier molecular flexibility index (Phi) is 6.48. The van der Waals surface area contributed by atoms with E-state index in [9.17, 15) is 18.4 Å². The number of amides is 2. The molecular weight excluding hydrogens is 268 g/mol. The van der Waals surface area contributed by atoms with E-state index in [1.807, 2.05) is 0 Å². The molecule has 1 heterocycles. The molecule has 106 valence electrons. The zero-order chi connectivity index (χ0) is 13.1. The number of alkyl halides is 2. The second-order valence-corrected chi connectivity index (χ2v) is 4.43. The maximum Gasteiger partial charge on any atom is 0.262 e. The van der Waals surface area contributed by atoms with Crippen molar-refractivity contribution in [3.8, 4) is 0 Å². The molecule has 0 aromatic rings. The number of halogens is 3. The van der Waals surface area contributed by atoms with Crippen molar-refractivity contribution in [3.63, 3.8) is 0 Å². The number of rotatable bonds is 4. The van der Waals surface area contributed by atoms with Crippen molar-refractivity contribution in [2.45, 2.75) is 38.3 Å². The first kappa shape index (κ1) is 17.1. The summed E-state index contributed by atoms with van der Waals surface area (Å²) in [6.45, 7) is 2.89. The molecule has 1 aliphatic rings. The van der Waals surface area contributed by atoms with Gasteiger partial charge in [0.25, 0.3) is 5.92 Å². The first-order valence-electron chi connectivity index (χ1n) is 5.48. The zero-order valence-electron chi connectivity index (χ0n) is 10.3. The van der Waals surface area contributed by atoms with Crippen LogP contribution in [0, 0.1) is 0 Å². The molecule has 2 amide bonds. The third kappa shape index (κ3) is 5.59. The van der Waals surface area contributed by atoms with Crippen LogP contribution in [0.25, 0.3) is 0 Å². The van der Waals surface area contributed by atoms with Crippen molar-refractivity contribution in [3.05, 3.63) is 0 Å². The number of carbonyl (C=O) groups is 2. The molecule has 1 fully saturated rings. The topological polar surface area (TPSA) is 70.2 Å². The average Bonchev–Trinajstić information content (AvgIpc) is 2.54. The van der Waals surface area contributed by atoms with Crippen molar-refractivity contribution >= 4 is 24.2 Å². The lowest BCUT2D eigenvalue weighted by molar-refractivity contribution is -0.127. The first-order valence-corrected chi connectivity index (χ1v) is 5.48. The van der Waals surface area contributed by atoms with Crippen LogP contribution in [0.1, 0.15) is 20.3 Å². The predicted molar refractivity (Wildman–Crippen MR) is 64.9 cm³/mol. The summed E-state index contributed by atoms with van der Waals surface area (Å²) in [7, 11) is 0. The van der Waals surface area contributed by atoms with E-state index in [-0.39, 0.29) is 30.9 Å². The molecule has 0 spiro atoms. The third-order valence-corrected chi connectivity index (χ3v) is 2.30. The molecule has 0 aliphatic carbocycles. The highest BCUT2D eigenvalue weighted by Gasteiger charge is 2.42. The van der Waals surface area contributed by atoms with Crippen LogP contribution in [-0.4, -0.2) is 42.9 Å².